The van der Waals surface area contributed by atoms with E-state index in [2.05, 4.69) is 20.8 Å². The summed E-state index contributed by atoms with van der Waals surface area (Å²) in [5, 5.41) is 14.9. The van der Waals surface area contributed by atoms with E-state index in [9.17, 15) is 4.79 Å². The summed E-state index contributed by atoms with van der Waals surface area (Å²) in [4.78, 5) is 12.6. The summed E-state index contributed by atoms with van der Waals surface area (Å²) in [5.74, 6) is 0.651. The number of hydrogen-bond donors (Lipinski definition) is 1. The number of carbonyl (C=O) groups excluding carboxylic acids is 1. The Bertz CT molecular complexity index is 1070. The summed E-state index contributed by atoms with van der Waals surface area (Å²) in [6.07, 6.45) is 0. The largest absolute Gasteiger partial charge is 0.489 e. The molecule has 0 aliphatic carbocycles. The van der Waals surface area contributed by atoms with Gasteiger partial charge in [-0.05, 0) is 35.9 Å². The number of nitrogens with one attached hydrogen (secondary N) is 1. The number of aryl methyl sites for hydroxylation is 1. The molecule has 0 amide bonds. The van der Waals surface area contributed by atoms with E-state index in [0.717, 1.165) is 11.1 Å². The lowest BCUT2D eigenvalue weighted by Gasteiger charge is -2.28. The van der Waals surface area contributed by atoms with Gasteiger partial charge >= 0.3 is 5.97 Å². The van der Waals surface area contributed by atoms with Crippen LogP contribution in [0.1, 0.15) is 29.7 Å². The van der Waals surface area contributed by atoms with E-state index < -0.39 is 12.0 Å². The van der Waals surface area contributed by atoms with Crippen molar-refractivity contribution in [1.82, 2.24) is 20.2 Å². The molecule has 2 aromatic carbocycles. The van der Waals surface area contributed by atoms with Crippen LogP contribution in [0, 0.1) is 6.92 Å². The maximum Gasteiger partial charge on any atom is 0.338 e. The number of para-hydroxylation sites is 1. The van der Waals surface area contributed by atoms with E-state index in [0.29, 0.717) is 29.6 Å². The molecule has 1 aliphatic rings. The molecule has 8 nitrogen and oxygen atoms in total. The molecule has 1 aliphatic heterocycles. The van der Waals surface area contributed by atoms with Crippen molar-refractivity contribution < 1.29 is 14.3 Å². The van der Waals surface area contributed by atoms with Crippen molar-refractivity contribution in [2.24, 2.45) is 0 Å². The molecule has 29 heavy (non-hydrogen) atoms. The molecule has 0 saturated carbocycles. The lowest BCUT2D eigenvalue weighted by atomic mass is 9.95. The van der Waals surface area contributed by atoms with Crippen molar-refractivity contribution >= 4 is 11.9 Å². The molecule has 8 heteroatoms. The Balaban J connectivity index is 1.73. The zero-order valence-electron chi connectivity index (χ0n) is 16.4. The summed E-state index contributed by atoms with van der Waals surface area (Å²) in [6, 6.07) is 15.2. The highest BCUT2D eigenvalue weighted by Crippen LogP contribution is 2.39. The quantitative estimate of drug-likeness (QED) is 0.669. The van der Waals surface area contributed by atoms with Crippen molar-refractivity contribution in [3.8, 4) is 5.75 Å². The second-order valence-corrected chi connectivity index (χ2v) is 6.82. The van der Waals surface area contributed by atoms with E-state index in [1.807, 2.05) is 55.5 Å². The molecule has 2 heterocycles. The monoisotopic (exact) mass is 391 g/mol. The van der Waals surface area contributed by atoms with Gasteiger partial charge < -0.3 is 14.8 Å². The predicted octanol–water partition coefficient (Wildman–Crippen LogP) is 3.02. The molecule has 148 valence electrons. The van der Waals surface area contributed by atoms with Crippen LogP contribution in [-0.4, -0.2) is 33.3 Å². The molecule has 3 aromatic rings. The van der Waals surface area contributed by atoms with Crippen LogP contribution in [0.3, 0.4) is 0 Å². The Hall–Kier alpha value is -3.68. The Labute approximate surface area is 168 Å². The van der Waals surface area contributed by atoms with Crippen LogP contribution in [0.25, 0.3) is 0 Å². The minimum absolute atomic E-state index is 0.404. The normalized spacial score (nSPS) is 15.5. The Morgan fingerprint density at radius 2 is 1.90 bits per heavy atom. The third-order valence-electron chi connectivity index (χ3n) is 4.85. The number of nitrogens with zero attached hydrogens (tertiary/aromatic N) is 4. The number of carbonyl (C=O) groups is 1. The highest BCUT2D eigenvalue weighted by atomic mass is 16.5. The van der Waals surface area contributed by atoms with Crippen LogP contribution in [0.4, 0.5) is 5.95 Å². The molecule has 1 aromatic heterocycles. The fourth-order valence-corrected chi connectivity index (χ4v) is 3.36. The number of fused-ring (bicyclic) bond motifs is 1. The van der Waals surface area contributed by atoms with Gasteiger partial charge in [-0.1, -0.05) is 53.1 Å². The van der Waals surface area contributed by atoms with E-state index in [1.54, 1.807) is 11.6 Å². The van der Waals surface area contributed by atoms with Gasteiger partial charge in [0.25, 0.3) is 0 Å². The van der Waals surface area contributed by atoms with Crippen molar-refractivity contribution in [3.05, 3.63) is 76.5 Å². The number of allylic oxidation sites excluding steroid dienone is 1. The van der Waals surface area contributed by atoms with Crippen LogP contribution in [0.2, 0.25) is 0 Å². The van der Waals surface area contributed by atoms with Crippen molar-refractivity contribution in [1.29, 1.82) is 0 Å². The van der Waals surface area contributed by atoms with Gasteiger partial charge in [0.1, 0.15) is 18.4 Å². The van der Waals surface area contributed by atoms with E-state index in [1.165, 1.54) is 12.7 Å². The second-order valence-electron chi connectivity index (χ2n) is 6.82. The molecule has 0 saturated heterocycles. The zero-order chi connectivity index (χ0) is 20.4. The summed E-state index contributed by atoms with van der Waals surface area (Å²) in [7, 11) is 1.36. The van der Waals surface area contributed by atoms with Crippen LogP contribution in [0.5, 0.6) is 5.75 Å². The van der Waals surface area contributed by atoms with Crippen molar-refractivity contribution in [2.45, 2.75) is 26.5 Å². The standard InChI is InChI=1S/C21H21N5O3/c1-13-8-10-15(11-9-13)12-29-17-7-5-4-6-16(17)19-18(20(27)28-3)14(2)22-21-23-24-25-26(19)21/h4-11,19H,12H2,1-3H3,(H,22,23,25). The summed E-state index contributed by atoms with van der Waals surface area (Å²) < 4.78 is 12.7. The maximum absolute atomic E-state index is 12.6. The number of hydrogen-bond acceptors (Lipinski definition) is 7. The molecule has 0 fully saturated rings. The van der Waals surface area contributed by atoms with Gasteiger partial charge in [-0.2, -0.15) is 4.68 Å². The topological polar surface area (TPSA) is 91.2 Å². The van der Waals surface area contributed by atoms with Gasteiger partial charge in [0.15, 0.2) is 0 Å². The molecule has 1 N–H and O–H groups in total. The maximum atomic E-state index is 12.6. The van der Waals surface area contributed by atoms with Gasteiger partial charge in [0, 0.05) is 11.3 Å². The summed E-state index contributed by atoms with van der Waals surface area (Å²) in [6.45, 7) is 4.25. The Morgan fingerprint density at radius 3 is 2.66 bits per heavy atom. The van der Waals surface area contributed by atoms with E-state index in [4.69, 9.17) is 9.47 Å². The number of aromatic nitrogens is 4. The predicted molar refractivity (Wildman–Crippen MR) is 106 cm³/mol. The van der Waals surface area contributed by atoms with Gasteiger partial charge in [-0.15, -0.1) is 0 Å². The first-order chi connectivity index (χ1) is 14.1. The molecule has 0 radical (unpaired) electrons. The summed E-state index contributed by atoms with van der Waals surface area (Å²) >= 11 is 0. The van der Waals surface area contributed by atoms with Crippen LogP contribution < -0.4 is 10.1 Å². The fraction of sp³-hybridized carbons (Fsp3) is 0.238. The number of methoxy groups -OCH3 is 1. The number of benzene rings is 2. The number of anilines is 1. The first-order valence-electron chi connectivity index (χ1n) is 9.19. The van der Waals surface area contributed by atoms with Gasteiger partial charge in [-0.3, -0.25) is 0 Å². The van der Waals surface area contributed by atoms with Gasteiger partial charge in [0.05, 0.1) is 12.7 Å². The third kappa shape index (κ3) is 3.56. The highest BCUT2D eigenvalue weighted by molar-refractivity contribution is 5.92. The van der Waals surface area contributed by atoms with Crippen LogP contribution in [-0.2, 0) is 16.1 Å². The van der Waals surface area contributed by atoms with E-state index >= 15 is 0 Å². The molecule has 0 bridgehead atoms. The van der Waals surface area contributed by atoms with Crippen LogP contribution >= 0.6 is 0 Å². The second kappa shape index (κ2) is 7.75. The molecule has 1 atom stereocenters. The van der Waals surface area contributed by atoms with Gasteiger partial charge in [-0.25, -0.2) is 4.79 Å². The Kier molecular flexibility index (Phi) is 4.99. The molecule has 4 rings (SSSR count). The first kappa shape index (κ1) is 18.7. The minimum atomic E-state index is -0.567. The number of esters is 1. The van der Waals surface area contributed by atoms with E-state index in [-0.39, 0.29) is 0 Å². The van der Waals surface area contributed by atoms with Crippen LogP contribution in [0.15, 0.2) is 59.8 Å². The lowest BCUT2D eigenvalue weighted by molar-refractivity contribution is -0.136. The van der Waals surface area contributed by atoms with Crippen molar-refractivity contribution in [2.75, 3.05) is 12.4 Å². The fourth-order valence-electron chi connectivity index (χ4n) is 3.36. The molecular weight excluding hydrogens is 370 g/mol. The third-order valence-corrected chi connectivity index (χ3v) is 4.85. The van der Waals surface area contributed by atoms with Gasteiger partial charge in [0.2, 0.25) is 5.95 Å². The average Bonchev–Trinajstić information content (AvgIpc) is 3.20. The minimum Gasteiger partial charge on any atom is -0.489 e. The number of ether oxygens (including phenoxy) is 2. The van der Waals surface area contributed by atoms with Crippen molar-refractivity contribution in [3.63, 3.8) is 0 Å². The highest BCUT2D eigenvalue weighted by Gasteiger charge is 2.36. The number of rotatable bonds is 5. The SMILES string of the molecule is COC(=O)C1=C(C)Nc2nnnn2C1c1ccccc1OCc1ccc(C)cc1. The molecule has 1 unspecified atom stereocenters. The molecular formula is C21H21N5O3. The molecule has 0 spiro atoms. The smallest absolute Gasteiger partial charge is 0.338 e. The first-order valence-corrected chi connectivity index (χ1v) is 9.19. The number of tetrazole rings is 1. The summed E-state index contributed by atoms with van der Waals surface area (Å²) in [5.41, 5.74) is 4.09. The lowest BCUT2D eigenvalue weighted by Crippen LogP contribution is -2.29. The zero-order valence-corrected chi connectivity index (χ0v) is 16.4. The average molecular weight is 391 g/mol. The Morgan fingerprint density at radius 1 is 1.14 bits per heavy atom.